The average molecular weight is 213 g/mol. The topological polar surface area (TPSA) is 95.7 Å². The Hall–Kier alpha value is -1.56. The summed E-state index contributed by atoms with van der Waals surface area (Å²) in [5, 5.41) is 8.52. The number of primary amides is 1. The standard InChI is InChI=1S/C9H15N3O3/c1-5-3-7(8(10)13)12(4-6(5)2)9(14)11-15/h3,6-7,15H,4H2,1-2H3,(H2,10,13)(H,11,14)/t6?,7-/m0/s1. The fourth-order valence-corrected chi connectivity index (χ4v) is 1.57. The first-order chi connectivity index (χ1) is 6.97. The molecule has 0 saturated heterocycles. The molecule has 0 bridgehead atoms. The van der Waals surface area contributed by atoms with E-state index in [0.29, 0.717) is 6.54 Å². The van der Waals surface area contributed by atoms with Crippen LogP contribution < -0.4 is 11.2 Å². The lowest BCUT2D eigenvalue weighted by atomic mass is 9.94. The van der Waals surface area contributed by atoms with Gasteiger partial charge in [0.15, 0.2) is 0 Å². The van der Waals surface area contributed by atoms with Crippen molar-refractivity contribution in [1.82, 2.24) is 10.4 Å². The van der Waals surface area contributed by atoms with Crippen LogP contribution in [-0.2, 0) is 4.79 Å². The molecule has 2 atom stereocenters. The normalized spacial score (nSPS) is 25.8. The van der Waals surface area contributed by atoms with Gasteiger partial charge in [0.25, 0.3) is 0 Å². The van der Waals surface area contributed by atoms with E-state index in [1.165, 1.54) is 10.4 Å². The van der Waals surface area contributed by atoms with Gasteiger partial charge < -0.3 is 10.6 Å². The molecular weight excluding hydrogens is 198 g/mol. The van der Waals surface area contributed by atoms with Crippen molar-refractivity contribution in [2.24, 2.45) is 11.7 Å². The van der Waals surface area contributed by atoms with Crippen molar-refractivity contribution in [3.05, 3.63) is 11.6 Å². The van der Waals surface area contributed by atoms with Gasteiger partial charge in [-0.05, 0) is 12.8 Å². The van der Waals surface area contributed by atoms with Gasteiger partial charge in [-0.1, -0.05) is 18.6 Å². The first-order valence-corrected chi connectivity index (χ1v) is 4.65. The number of rotatable bonds is 1. The second-order valence-corrected chi connectivity index (χ2v) is 3.73. The van der Waals surface area contributed by atoms with E-state index in [1.54, 1.807) is 6.08 Å². The van der Waals surface area contributed by atoms with Crippen molar-refractivity contribution < 1.29 is 14.8 Å². The van der Waals surface area contributed by atoms with Crippen LogP contribution in [0.5, 0.6) is 0 Å². The smallest absolute Gasteiger partial charge is 0.342 e. The van der Waals surface area contributed by atoms with E-state index in [1.807, 2.05) is 13.8 Å². The van der Waals surface area contributed by atoms with Gasteiger partial charge in [0.05, 0.1) is 0 Å². The van der Waals surface area contributed by atoms with Crippen molar-refractivity contribution in [2.45, 2.75) is 19.9 Å². The maximum absolute atomic E-state index is 11.3. The first kappa shape index (κ1) is 11.5. The van der Waals surface area contributed by atoms with Crippen LogP contribution in [-0.4, -0.2) is 34.6 Å². The Kier molecular flexibility index (Phi) is 3.31. The van der Waals surface area contributed by atoms with Crippen molar-refractivity contribution in [2.75, 3.05) is 6.54 Å². The van der Waals surface area contributed by atoms with E-state index in [0.717, 1.165) is 5.57 Å². The molecule has 1 aliphatic rings. The summed E-state index contributed by atoms with van der Waals surface area (Å²) in [6.07, 6.45) is 1.64. The summed E-state index contributed by atoms with van der Waals surface area (Å²) in [6, 6.07) is -1.50. The van der Waals surface area contributed by atoms with E-state index >= 15 is 0 Å². The summed E-state index contributed by atoms with van der Waals surface area (Å²) >= 11 is 0. The largest absolute Gasteiger partial charge is 0.368 e. The van der Waals surface area contributed by atoms with E-state index in [-0.39, 0.29) is 5.92 Å². The van der Waals surface area contributed by atoms with Crippen molar-refractivity contribution in [1.29, 1.82) is 0 Å². The minimum Gasteiger partial charge on any atom is -0.368 e. The summed E-state index contributed by atoms with van der Waals surface area (Å²) in [6.45, 7) is 4.18. The molecule has 0 radical (unpaired) electrons. The summed E-state index contributed by atoms with van der Waals surface area (Å²) < 4.78 is 0. The quantitative estimate of drug-likeness (QED) is 0.321. The van der Waals surface area contributed by atoms with Crippen molar-refractivity contribution in [3.63, 3.8) is 0 Å². The number of carbonyl (C=O) groups excluding carboxylic acids is 2. The van der Waals surface area contributed by atoms with Crippen LogP contribution in [0.2, 0.25) is 0 Å². The van der Waals surface area contributed by atoms with E-state index in [4.69, 9.17) is 10.9 Å². The minimum absolute atomic E-state index is 0.151. The Bertz CT molecular complexity index is 314. The Morgan fingerprint density at radius 1 is 1.67 bits per heavy atom. The fraction of sp³-hybridized carbons (Fsp3) is 0.556. The van der Waals surface area contributed by atoms with Crippen LogP contribution >= 0.6 is 0 Å². The zero-order valence-electron chi connectivity index (χ0n) is 8.73. The second-order valence-electron chi connectivity index (χ2n) is 3.73. The zero-order valence-corrected chi connectivity index (χ0v) is 8.73. The molecule has 84 valence electrons. The Morgan fingerprint density at radius 3 is 2.73 bits per heavy atom. The van der Waals surface area contributed by atoms with Gasteiger partial charge in [-0.2, -0.15) is 0 Å². The summed E-state index contributed by atoms with van der Waals surface area (Å²) in [5.41, 5.74) is 7.69. The van der Waals surface area contributed by atoms with E-state index < -0.39 is 18.0 Å². The van der Waals surface area contributed by atoms with Gasteiger partial charge in [-0.15, -0.1) is 0 Å². The molecule has 0 spiro atoms. The molecule has 1 heterocycles. The number of hydrogen-bond donors (Lipinski definition) is 3. The second kappa shape index (κ2) is 4.31. The number of carbonyl (C=O) groups is 2. The predicted molar refractivity (Wildman–Crippen MR) is 52.9 cm³/mol. The number of nitrogens with two attached hydrogens (primary N) is 1. The van der Waals surface area contributed by atoms with Crippen LogP contribution in [0.15, 0.2) is 11.6 Å². The summed E-state index contributed by atoms with van der Waals surface area (Å²) in [7, 11) is 0. The predicted octanol–water partition coefficient (Wildman–Crippen LogP) is -0.163. The van der Waals surface area contributed by atoms with Crippen molar-refractivity contribution >= 4 is 11.9 Å². The van der Waals surface area contributed by atoms with Gasteiger partial charge in [0.2, 0.25) is 5.91 Å². The molecule has 0 aromatic rings. The molecule has 6 heteroatoms. The van der Waals surface area contributed by atoms with Gasteiger partial charge in [-0.3, -0.25) is 10.0 Å². The molecule has 1 aliphatic heterocycles. The molecule has 0 aromatic carbocycles. The Morgan fingerprint density at radius 2 is 2.27 bits per heavy atom. The van der Waals surface area contributed by atoms with Crippen molar-refractivity contribution in [3.8, 4) is 0 Å². The average Bonchev–Trinajstić information content (AvgIpc) is 2.20. The summed E-state index contributed by atoms with van der Waals surface area (Å²) in [4.78, 5) is 23.6. The highest BCUT2D eigenvalue weighted by atomic mass is 16.5. The van der Waals surface area contributed by atoms with Gasteiger partial charge >= 0.3 is 6.03 Å². The molecule has 6 nitrogen and oxygen atoms in total. The van der Waals surface area contributed by atoms with Crippen LogP contribution in [0.3, 0.4) is 0 Å². The third-order valence-corrected chi connectivity index (χ3v) is 2.65. The number of amides is 3. The number of hydrogen-bond acceptors (Lipinski definition) is 3. The lowest BCUT2D eigenvalue weighted by Gasteiger charge is -2.34. The Balaban J connectivity index is 2.96. The Labute approximate surface area is 87.7 Å². The molecule has 4 N–H and O–H groups in total. The third-order valence-electron chi connectivity index (χ3n) is 2.65. The first-order valence-electron chi connectivity index (χ1n) is 4.65. The van der Waals surface area contributed by atoms with Crippen LogP contribution in [0, 0.1) is 5.92 Å². The maximum atomic E-state index is 11.3. The van der Waals surface area contributed by atoms with E-state index in [9.17, 15) is 9.59 Å². The SMILES string of the molecule is CC1=C[C@@H](C(N)=O)N(C(=O)NO)CC1C. The summed E-state index contributed by atoms with van der Waals surface area (Å²) in [5.74, 6) is -0.456. The molecule has 15 heavy (non-hydrogen) atoms. The van der Waals surface area contributed by atoms with Gasteiger partial charge in [0.1, 0.15) is 6.04 Å². The van der Waals surface area contributed by atoms with Crippen LogP contribution in [0.4, 0.5) is 4.79 Å². The minimum atomic E-state index is -0.784. The molecule has 0 aliphatic carbocycles. The third kappa shape index (κ3) is 2.27. The number of urea groups is 1. The van der Waals surface area contributed by atoms with Crippen LogP contribution in [0.1, 0.15) is 13.8 Å². The fourth-order valence-electron chi connectivity index (χ4n) is 1.57. The molecule has 0 saturated carbocycles. The maximum Gasteiger partial charge on any atom is 0.342 e. The van der Waals surface area contributed by atoms with Gasteiger partial charge in [-0.25, -0.2) is 10.3 Å². The highest BCUT2D eigenvalue weighted by Crippen LogP contribution is 2.21. The highest BCUT2D eigenvalue weighted by Gasteiger charge is 2.31. The molecule has 0 aromatic heterocycles. The molecule has 1 rings (SSSR count). The number of nitrogens with zero attached hydrogens (tertiary/aromatic N) is 1. The molecule has 0 fully saturated rings. The zero-order chi connectivity index (χ0) is 11.6. The van der Waals surface area contributed by atoms with Gasteiger partial charge in [0, 0.05) is 6.54 Å². The molecular formula is C9H15N3O3. The lowest BCUT2D eigenvalue weighted by molar-refractivity contribution is -0.121. The molecule has 3 amide bonds. The van der Waals surface area contributed by atoms with E-state index in [2.05, 4.69) is 0 Å². The van der Waals surface area contributed by atoms with Crippen LogP contribution in [0.25, 0.3) is 0 Å². The lowest BCUT2D eigenvalue weighted by Crippen LogP contribution is -2.53. The number of hydroxylamine groups is 1. The molecule has 1 unspecified atom stereocenters. The monoisotopic (exact) mass is 213 g/mol. The highest BCUT2D eigenvalue weighted by molar-refractivity contribution is 5.87. The number of nitrogens with one attached hydrogen (secondary N) is 1.